The minimum atomic E-state index is -2.95. The van der Waals surface area contributed by atoms with Gasteiger partial charge < -0.3 is 25.0 Å². The van der Waals surface area contributed by atoms with E-state index in [9.17, 15) is 36.7 Å². The average molecular weight is 622 g/mol. The molecular formula is C29H28ClF4N5O4. The average Bonchev–Trinajstić information content (AvgIpc) is 3.63. The van der Waals surface area contributed by atoms with E-state index in [-0.39, 0.29) is 60.2 Å². The molecule has 2 aliphatic rings. The zero-order valence-corrected chi connectivity index (χ0v) is 23.8. The van der Waals surface area contributed by atoms with Crippen LogP contribution in [0.4, 0.5) is 28.0 Å². The number of likely N-dealkylation sites (tertiary alicyclic amines) is 2. The molecule has 3 aromatic rings. The van der Waals surface area contributed by atoms with E-state index in [4.69, 9.17) is 11.6 Å². The summed E-state index contributed by atoms with van der Waals surface area (Å²) in [5.74, 6) is -5.18. The molecule has 2 unspecified atom stereocenters. The van der Waals surface area contributed by atoms with Crippen molar-refractivity contribution in [1.82, 2.24) is 19.7 Å². The van der Waals surface area contributed by atoms with E-state index in [1.165, 1.54) is 48.0 Å². The summed E-state index contributed by atoms with van der Waals surface area (Å²) in [6, 6.07) is 7.10. The molecule has 5 rings (SSSR count). The van der Waals surface area contributed by atoms with Gasteiger partial charge in [0, 0.05) is 59.8 Å². The highest BCUT2D eigenvalue weighted by Gasteiger charge is 2.41. The minimum Gasteiger partial charge on any atom is -0.350 e. The maximum atomic E-state index is 14.4. The molecule has 2 saturated heterocycles. The molecule has 0 aliphatic carbocycles. The maximum Gasteiger partial charge on any atom is 0.322 e. The quantitative estimate of drug-likeness (QED) is 0.293. The van der Waals surface area contributed by atoms with Crippen molar-refractivity contribution in [2.75, 3.05) is 25.0 Å². The number of urea groups is 1. The van der Waals surface area contributed by atoms with E-state index in [0.717, 1.165) is 9.80 Å². The predicted octanol–water partition coefficient (Wildman–Crippen LogP) is 4.76. The normalized spacial score (nSPS) is 19.6. The third-order valence-corrected chi connectivity index (χ3v) is 7.92. The summed E-state index contributed by atoms with van der Waals surface area (Å²) in [4.78, 5) is 53.3. The van der Waals surface area contributed by atoms with Gasteiger partial charge >= 0.3 is 6.03 Å². The first-order valence-electron chi connectivity index (χ1n) is 13.5. The van der Waals surface area contributed by atoms with Crippen LogP contribution in [0.1, 0.15) is 35.7 Å². The van der Waals surface area contributed by atoms with E-state index in [1.807, 2.05) is 0 Å². The van der Waals surface area contributed by atoms with Crippen molar-refractivity contribution in [1.29, 1.82) is 0 Å². The summed E-state index contributed by atoms with van der Waals surface area (Å²) in [5, 5.41) is 5.41. The molecule has 2 N–H and O–H groups in total. The molecular weight excluding hydrogens is 594 g/mol. The summed E-state index contributed by atoms with van der Waals surface area (Å²) in [5.41, 5.74) is 1.11. The number of nitrogens with zero attached hydrogens (tertiary/aromatic N) is 3. The van der Waals surface area contributed by atoms with E-state index < -0.39 is 54.8 Å². The van der Waals surface area contributed by atoms with Crippen molar-refractivity contribution in [2.24, 2.45) is 0 Å². The molecule has 0 spiro atoms. The van der Waals surface area contributed by atoms with Gasteiger partial charge in [-0.3, -0.25) is 14.4 Å². The maximum absolute atomic E-state index is 14.4. The molecule has 2 fully saturated rings. The molecule has 4 amide bonds. The van der Waals surface area contributed by atoms with Gasteiger partial charge in [-0.05, 0) is 31.2 Å². The first kappa shape index (κ1) is 30.3. The molecule has 0 bridgehead atoms. The number of alkyl halides is 3. The SMILES string of the molecule is CC(=O)c1cn(CC(=O)N2CC(F)CC2C(=O)NCc2cccc(Cl)c2F)c2ccc(NC(=O)N3CCC(F)(F)C3)cc12. The Bertz CT molecular complexity index is 1610. The van der Waals surface area contributed by atoms with E-state index >= 15 is 0 Å². The third kappa shape index (κ3) is 6.46. The Morgan fingerprint density at radius 1 is 1.14 bits per heavy atom. The molecule has 228 valence electrons. The summed E-state index contributed by atoms with van der Waals surface area (Å²) < 4.78 is 57.2. The van der Waals surface area contributed by atoms with Crippen LogP contribution in [-0.2, 0) is 22.7 Å². The molecule has 9 nitrogen and oxygen atoms in total. The van der Waals surface area contributed by atoms with Gasteiger partial charge in [-0.1, -0.05) is 23.7 Å². The van der Waals surface area contributed by atoms with Gasteiger partial charge in [-0.15, -0.1) is 0 Å². The van der Waals surface area contributed by atoms with E-state index in [0.29, 0.717) is 10.9 Å². The van der Waals surface area contributed by atoms with Gasteiger partial charge in [-0.2, -0.15) is 0 Å². The van der Waals surface area contributed by atoms with Crippen LogP contribution >= 0.6 is 11.6 Å². The number of hydrogen-bond donors (Lipinski definition) is 2. The van der Waals surface area contributed by atoms with Crippen LogP contribution in [0.15, 0.2) is 42.6 Å². The number of fused-ring (bicyclic) bond motifs is 1. The molecule has 3 heterocycles. The fraction of sp³-hybridized carbons (Fsp3) is 0.379. The van der Waals surface area contributed by atoms with Crippen molar-refractivity contribution in [2.45, 2.75) is 51.0 Å². The second kappa shape index (κ2) is 11.9. The second-order valence-electron chi connectivity index (χ2n) is 10.7. The number of anilines is 1. The molecule has 0 radical (unpaired) electrons. The van der Waals surface area contributed by atoms with Crippen molar-refractivity contribution in [3.63, 3.8) is 0 Å². The Morgan fingerprint density at radius 3 is 2.60 bits per heavy atom. The zero-order valence-electron chi connectivity index (χ0n) is 23.0. The van der Waals surface area contributed by atoms with Gasteiger partial charge in [0.05, 0.1) is 18.1 Å². The lowest BCUT2D eigenvalue weighted by molar-refractivity contribution is -0.139. The Morgan fingerprint density at radius 2 is 1.91 bits per heavy atom. The van der Waals surface area contributed by atoms with E-state index in [2.05, 4.69) is 10.6 Å². The second-order valence-corrected chi connectivity index (χ2v) is 11.1. The monoisotopic (exact) mass is 621 g/mol. The minimum absolute atomic E-state index is 0.0923. The van der Waals surface area contributed by atoms with E-state index in [1.54, 1.807) is 6.07 Å². The summed E-state index contributed by atoms with van der Waals surface area (Å²) >= 11 is 5.79. The number of benzene rings is 2. The van der Waals surface area contributed by atoms with Gasteiger partial charge in [-0.25, -0.2) is 22.4 Å². The van der Waals surface area contributed by atoms with Crippen molar-refractivity contribution in [3.8, 4) is 0 Å². The number of amides is 4. The van der Waals surface area contributed by atoms with Crippen LogP contribution in [0.3, 0.4) is 0 Å². The largest absolute Gasteiger partial charge is 0.350 e. The topological polar surface area (TPSA) is 104 Å². The highest BCUT2D eigenvalue weighted by molar-refractivity contribution is 6.30. The number of carbonyl (C=O) groups is 4. The predicted molar refractivity (Wildman–Crippen MR) is 150 cm³/mol. The highest BCUT2D eigenvalue weighted by atomic mass is 35.5. The Hall–Kier alpha value is -4.13. The highest BCUT2D eigenvalue weighted by Crippen LogP contribution is 2.30. The Labute approximate surface area is 248 Å². The number of rotatable bonds is 7. The number of halogens is 5. The van der Waals surface area contributed by atoms with Crippen LogP contribution < -0.4 is 10.6 Å². The fourth-order valence-corrected chi connectivity index (χ4v) is 5.62. The first-order valence-corrected chi connectivity index (χ1v) is 13.9. The number of carbonyl (C=O) groups excluding carboxylic acids is 4. The fourth-order valence-electron chi connectivity index (χ4n) is 5.43. The zero-order chi connectivity index (χ0) is 31.1. The number of ketones is 1. The molecule has 1 aromatic heterocycles. The van der Waals surface area contributed by atoms with Crippen molar-refractivity contribution < 1.29 is 36.7 Å². The lowest BCUT2D eigenvalue weighted by Crippen LogP contribution is -2.46. The van der Waals surface area contributed by atoms with Gasteiger partial charge in [0.2, 0.25) is 11.8 Å². The number of hydrogen-bond acceptors (Lipinski definition) is 4. The third-order valence-electron chi connectivity index (χ3n) is 7.63. The number of aromatic nitrogens is 1. The van der Waals surface area contributed by atoms with Crippen molar-refractivity contribution in [3.05, 3.63) is 64.6 Å². The molecule has 2 aromatic carbocycles. The molecule has 2 aliphatic heterocycles. The number of Topliss-reactive ketones (excluding diaryl/α,β-unsaturated/α-hetero) is 1. The summed E-state index contributed by atoms with van der Waals surface area (Å²) in [6.45, 7) is -0.291. The van der Waals surface area contributed by atoms with Gasteiger partial charge in [0.15, 0.2) is 5.78 Å². The molecule has 14 heteroatoms. The smallest absolute Gasteiger partial charge is 0.322 e. The van der Waals surface area contributed by atoms with Crippen LogP contribution in [0.5, 0.6) is 0 Å². The molecule has 2 atom stereocenters. The lowest BCUT2D eigenvalue weighted by atomic mass is 10.1. The van der Waals surface area contributed by atoms with Gasteiger partial charge in [0.1, 0.15) is 24.6 Å². The van der Waals surface area contributed by atoms with Crippen LogP contribution in [0.2, 0.25) is 5.02 Å². The van der Waals surface area contributed by atoms with Crippen LogP contribution in [0, 0.1) is 5.82 Å². The standard InChI is InChI=1S/C29H28ClF4N5O4/c1-16(40)21-13-38(23-6-5-19(10-20(21)23)36-28(43)37-8-7-29(33,34)15-37)14-25(41)39-12-18(31)9-24(39)27(42)35-11-17-3-2-4-22(30)26(17)32/h2-6,10,13,18,24H,7-9,11-12,14-15H2,1H3,(H,35,42)(H,36,43). The summed E-state index contributed by atoms with van der Waals surface area (Å²) in [6.07, 6.45) is -0.642. The van der Waals surface area contributed by atoms with Crippen LogP contribution in [-0.4, -0.2) is 75.8 Å². The van der Waals surface area contributed by atoms with Gasteiger partial charge in [0.25, 0.3) is 5.92 Å². The Balaban J connectivity index is 1.31. The first-order chi connectivity index (χ1) is 20.3. The number of nitrogens with one attached hydrogen (secondary N) is 2. The molecule has 0 saturated carbocycles. The van der Waals surface area contributed by atoms with Crippen molar-refractivity contribution >= 4 is 51.8 Å². The Kier molecular flexibility index (Phi) is 8.37. The lowest BCUT2D eigenvalue weighted by Gasteiger charge is -2.24. The molecule has 43 heavy (non-hydrogen) atoms. The summed E-state index contributed by atoms with van der Waals surface area (Å²) in [7, 11) is 0. The van der Waals surface area contributed by atoms with Crippen LogP contribution in [0.25, 0.3) is 10.9 Å².